The predicted octanol–water partition coefficient (Wildman–Crippen LogP) is 3.49. The van der Waals surface area contributed by atoms with Gasteiger partial charge < -0.3 is 14.8 Å². The molecule has 1 aliphatic heterocycles. The molecule has 0 spiro atoms. The smallest absolute Gasteiger partial charge is 0.232 e. The zero-order valence-electron chi connectivity index (χ0n) is 16.3. The fraction of sp³-hybridized carbons (Fsp3) is 0.500. The number of nitrogens with zero attached hydrogens (tertiary/aromatic N) is 1. The van der Waals surface area contributed by atoms with E-state index in [1.165, 1.54) is 27.6 Å². The number of benzene rings is 1. The van der Waals surface area contributed by atoms with E-state index in [-0.39, 0.29) is 17.9 Å². The van der Waals surface area contributed by atoms with Crippen LogP contribution >= 0.6 is 0 Å². The minimum Gasteiger partial charge on any atom is -0.361 e. The summed E-state index contributed by atoms with van der Waals surface area (Å²) in [7, 11) is 4.54. The standard InChI is InChI=1S/C22H29N3O/c1-5-7-14(2)24-22(26)16-10-18-17-8-6-9-19-21(17)15(12-23-19)11-20(18)25(3,4)13-16/h6,8-10,12,14,16,20,23H,5,7,11,13H2,1-4H3/p+1/t14-,16?,20-/m1/s1. The number of nitrogens with one attached hydrogen (secondary N) is 2. The van der Waals surface area contributed by atoms with Gasteiger partial charge in [0.1, 0.15) is 12.0 Å². The van der Waals surface area contributed by atoms with Crippen LogP contribution in [0, 0.1) is 5.92 Å². The second-order valence-electron chi connectivity index (χ2n) is 8.65. The predicted molar refractivity (Wildman–Crippen MR) is 107 cm³/mol. The van der Waals surface area contributed by atoms with E-state index < -0.39 is 0 Å². The molecule has 0 bridgehead atoms. The molecule has 4 heteroatoms. The quantitative estimate of drug-likeness (QED) is 0.813. The average molecular weight is 353 g/mol. The Morgan fingerprint density at radius 2 is 2.19 bits per heavy atom. The molecule has 4 rings (SSSR count). The lowest BCUT2D eigenvalue weighted by Gasteiger charge is -2.46. The molecule has 1 amide bonds. The van der Waals surface area contributed by atoms with Crippen LogP contribution in [0.25, 0.3) is 16.5 Å². The fourth-order valence-electron chi connectivity index (χ4n) is 4.90. The van der Waals surface area contributed by atoms with Gasteiger partial charge in [-0.25, -0.2) is 0 Å². The van der Waals surface area contributed by atoms with Crippen molar-refractivity contribution >= 4 is 22.4 Å². The maximum atomic E-state index is 12.9. The van der Waals surface area contributed by atoms with Crippen molar-refractivity contribution in [3.8, 4) is 0 Å². The van der Waals surface area contributed by atoms with E-state index in [2.05, 4.69) is 68.7 Å². The van der Waals surface area contributed by atoms with Crippen molar-refractivity contribution < 1.29 is 9.28 Å². The summed E-state index contributed by atoms with van der Waals surface area (Å²) in [6.45, 7) is 5.12. The van der Waals surface area contributed by atoms with E-state index in [4.69, 9.17) is 0 Å². The van der Waals surface area contributed by atoms with Crippen molar-refractivity contribution in [2.45, 2.75) is 45.2 Å². The number of fused-ring (bicyclic) bond motifs is 2. The molecular weight excluding hydrogens is 322 g/mol. The van der Waals surface area contributed by atoms with Crippen molar-refractivity contribution in [3.63, 3.8) is 0 Å². The number of hydrogen-bond donors (Lipinski definition) is 2. The van der Waals surface area contributed by atoms with Crippen LogP contribution in [-0.4, -0.2) is 48.1 Å². The minimum atomic E-state index is -0.0636. The monoisotopic (exact) mass is 352 g/mol. The van der Waals surface area contributed by atoms with E-state index in [1.807, 2.05) is 0 Å². The maximum absolute atomic E-state index is 12.9. The summed E-state index contributed by atoms with van der Waals surface area (Å²) in [5.41, 5.74) is 5.26. The van der Waals surface area contributed by atoms with E-state index >= 15 is 0 Å². The Balaban J connectivity index is 1.73. The van der Waals surface area contributed by atoms with Crippen LogP contribution in [0.2, 0.25) is 0 Å². The summed E-state index contributed by atoms with van der Waals surface area (Å²) in [4.78, 5) is 16.3. The fourth-order valence-corrected chi connectivity index (χ4v) is 4.90. The molecule has 0 saturated carbocycles. The van der Waals surface area contributed by atoms with Crippen LogP contribution < -0.4 is 5.32 Å². The average Bonchev–Trinajstić information content (AvgIpc) is 3.00. The summed E-state index contributed by atoms with van der Waals surface area (Å²) in [6.07, 6.45) is 7.58. The lowest BCUT2D eigenvalue weighted by Crippen LogP contribution is -2.58. The molecular formula is C22H30N3O+. The topological polar surface area (TPSA) is 44.9 Å². The highest BCUT2D eigenvalue weighted by molar-refractivity contribution is 5.99. The van der Waals surface area contributed by atoms with Crippen LogP contribution in [0.1, 0.15) is 37.8 Å². The number of hydrogen-bond acceptors (Lipinski definition) is 1. The van der Waals surface area contributed by atoms with Crippen molar-refractivity contribution in [3.05, 3.63) is 41.6 Å². The van der Waals surface area contributed by atoms with Crippen LogP contribution in [0.4, 0.5) is 0 Å². The van der Waals surface area contributed by atoms with Gasteiger partial charge in [-0.1, -0.05) is 31.6 Å². The Bertz CT molecular complexity index is 877. The number of aromatic amines is 1. The summed E-state index contributed by atoms with van der Waals surface area (Å²) >= 11 is 0. The van der Waals surface area contributed by atoms with Gasteiger partial charge in [-0.15, -0.1) is 0 Å². The van der Waals surface area contributed by atoms with Crippen LogP contribution in [0.15, 0.2) is 30.5 Å². The number of carbonyl (C=O) groups is 1. The first kappa shape index (κ1) is 17.3. The summed E-state index contributed by atoms with van der Waals surface area (Å²) < 4.78 is 0.854. The Kier molecular flexibility index (Phi) is 4.19. The molecule has 0 fully saturated rings. The van der Waals surface area contributed by atoms with Crippen molar-refractivity contribution in [2.24, 2.45) is 5.92 Å². The number of aromatic nitrogens is 1. The number of likely N-dealkylation sites (N-methyl/N-ethyl adjacent to an activating group) is 1. The van der Waals surface area contributed by atoms with Gasteiger partial charge in [0.25, 0.3) is 0 Å². The lowest BCUT2D eigenvalue weighted by molar-refractivity contribution is -0.909. The van der Waals surface area contributed by atoms with Crippen LogP contribution in [0.5, 0.6) is 0 Å². The summed E-state index contributed by atoms with van der Waals surface area (Å²) in [6, 6.07) is 7.14. The van der Waals surface area contributed by atoms with Gasteiger partial charge in [-0.05, 0) is 30.5 Å². The summed E-state index contributed by atoms with van der Waals surface area (Å²) in [5, 5.41) is 4.57. The largest absolute Gasteiger partial charge is 0.361 e. The molecule has 1 aliphatic carbocycles. The molecule has 1 unspecified atom stereocenters. The molecule has 2 N–H and O–H groups in total. The van der Waals surface area contributed by atoms with Gasteiger partial charge in [0.2, 0.25) is 5.91 Å². The zero-order chi connectivity index (χ0) is 18.5. The van der Waals surface area contributed by atoms with E-state index in [0.717, 1.165) is 30.3 Å². The number of amides is 1. The number of rotatable bonds is 4. The van der Waals surface area contributed by atoms with Crippen molar-refractivity contribution in [1.29, 1.82) is 0 Å². The second kappa shape index (κ2) is 6.27. The Hall–Kier alpha value is -2.07. The molecule has 2 aromatic rings. The molecule has 0 saturated heterocycles. The third kappa shape index (κ3) is 2.77. The number of quaternary nitrogens is 1. The highest BCUT2D eigenvalue weighted by Gasteiger charge is 2.43. The minimum absolute atomic E-state index is 0.0636. The van der Waals surface area contributed by atoms with Gasteiger partial charge in [0, 0.05) is 35.1 Å². The normalized spacial score (nSPS) is 24.7. The molecule has 3 atom stereocenters. The van der Waals surface area contributed by atoms with Crippen LogP contribution in [0.3, 0.4) is 0 Å². The van der Waals surface area contributed by atoms with E-state index in [0.29, 0.717) is 6.04 Å². The van der Waals surface area contributed by atoms with Crippen LogP contribution in [-0.2, 0) is 11.2 Å². The summed E-state index contributed by atoms with van der Waals surface area (Å²) in [5.74, 6) is 0.112. The third-order valence-electron chi connectivity index (χ3n) is 6.21. The first-order chi connectivity index (χ1) is 12.4. The first-order valence-electron chi connectivity index (χ1n) is 9.85. The molecule has 2 aliphatic rings. The molecule has 26 heavy (non-hydrogen) atoms. The zero-order valence-corrected chi connectivity index (χ0v) is 16.3. The molecule has 2 heterocycles. The Morgan fingerprint density at radius 1 is 1.38 bits per heavy atom. The number of H-pyrrole nitrogens is 1. The van der Waals surface area contributed by atoms with Gasteiger partial charge in [0.15, 0.2) is 0 Å². The Labute approximate surface area is 155 Å². The van der Waals surface area contributed by atoms with Gasteiger partial charge >= 0.3 is 0 Å². The number of carbonyl (C=O) groups excluding carboxylic acids is 1. The first-order valence-corrected chi connectivity index (χ1v) is 9.85. The van der Waals surface area contributed by atoms with E-state index in [1.54, 1.807) is 0 Å². The molecule has 138 valence electrons. The highest BCUT2D eigenvalue weighted by atomic mass is 16.2. The lowest BCUT2D eigenvalue weighted by atomic mass is 9.78. The second-order valence-corrected chi connectivity index (χ2v) is 8.65. The molecule has 0 radical (unpaired) electrons. The maximum Gasteiger partial charge on any atom is 0.232 e. The highest BCUT2D eigenvalue weighted by Crippen LogP contribution is 2.42. The Morgan fingerprint density at radius 3 is 2.96 bits per heavy atom. The molecule has 4 nitrogen and oxygen atoms in total. The molecule has 1 aromatic heterocycles. The van der Waals surface area contributed by atoms with E-state index in [9.17, 15) is 4.79 Å². The van der Waals surface area contributed by atoms with Gasteiger partial charge in [0.05, 0.1) is 20.6 Å². The SMILES string of the molecule is CCC[C@@H](C)NC(=O)C1C=C2c3cccc4[nH]cc(c34)C[C@H]2[N+](C)(C)C1. The molecule has 1 aromatic carbocycles. The van der Waals surface area contributed by atoms with Crippen molar-refractivity contribution in [2.75, 3.05) is 20.6 Å². The van der Waals surface area contributed by atoms with Crippen molar-refractivity contribution in [1.82, 2.24) is 10.3 Å². The third-order valence-corrected chi connectivity index (χ3v) is 6.21. The van der Waals surface area contributed by atoms with Gasteiger partial charge in [-0.2, -0.15) is 0 Å². The van der Waals surface area contributed by atoms with Gasteiger partial charge in [-0.3, -0.25) is 4.79 Å².